The number of halogens is 1. The summed E-state index contributed by atoms with van der Waals surface area (Å²) in [6.45, 7) is 0. The maximum Gasteiger partial charge on any atom is 0.160 e. The van der Waals surface area contributed by atoms with E-state index in [1.54, 1.807) is 13.3 Å². The van der Waals surface area contributed by atoms with Crippen molar-refractivity contribution in [3.05, 3.63) is 11.9 Å². The summed E-state index contributed by atoms with van der Waals surface area (Å²) in [5.41, 5.74) is 1.15. The molecule has 1 fully saturated rings. The lowest BCUT2D eigenvalue weighted by Gasteiger charge is -2.27. The maximum absolute atomic E-state index is 6.38. The van der Waals surface area contributed by atoms with Crippen LogP contribution < -0.4 is 4.74 Å². The quantitative estimate of drug-likeness (QED) is 0.728. The van der Waals surface area contributed by atoms with Gasteiger partial charge in [0, 0.05) is 18.3 Å². The first kappa shape index (κ1) is 10.8. The van der Waals surface area contributed by atoms with Crippen molar-refractivity contribution < 1.29 is 4.74 Å². The molecule has 2 rings (SSSR count). The fourth-order valence-corrected chi connectivity index (χ4v) is 2.80. The summed E-state index contributed by atoms with van der Waals surface area (Å²) in [6.07, 6.45) is 6.51. The van der Waals surface area contributed by atoms with E-state index in [1.165, 1.54) is 12.8 Å². The number of aryl methyl sites for hydroxylation is 1. The maximum atomic E-state index is 6.38. The normalized spacial score (nSPS) is 26.6. The zero-order valence-corrected chi connectivity index (χ0v) is 10.00. The highest BCUT2D eigenvalue weighted by molar-refractivity contribution is 6.21. The van der Waals surface area contributed by atoms with Crippen LogP contribution in [-0.4, -0.2) is 22.3 Å². The number of hydrogen-bond donors (Lipinski definition) is 0. The van der Waals surface area contributed by atoms with Gasteiger partial charge in [-0.05, 0) is 12.8 Å². The Kier molecular flexibility index (Phi) is 3.19. The molecule has 1 heterocycles. The number of ether oxygens (including phenoxy) is 1. The second kappa shape index (κ2) is 4.44. The molecular weight excluding hydrogens is 212 g/mol. The van der Waals surface area contributed by atoms with E-state index in [0.717, 1.165) is 24.3 Å². The van der Waals surface area contributed by atoms with Gasteiger partial charge >= 0.3 is 0 Å². The van der Waals surface area contributed by atoms with Crippen LogP contribution in [0.2, 0.25) is 0 Å². The average molecular weight is 229 g/mol. The Morgan fingerprint density at radius 2 is 2.20 bits per heavy atom. The van der Waals surface area contributed by atoms with E-state index in [4.69, 9.17) is 16.3 Å². The molecule has 0 spiro atoms. The van der Waals surface area contributed by atoms with Gasteiger partial charge in [-0.2, -0.15) is 5.10 Å². The fraction of sp³-hybridized carbons (Fsp3) is 0.727. The van der Waals surface area contributed by atoms with Crippen LogP contribution in [0.4, 0.5) is 0 Å². The van der Waals surface area contributed by atoms with Crippen LogP contribution in [0.15, 0.2) is 6.20 Å². The molecular formula is C11H17ClN2O. The Bertz CT molecular complexity index is 337. The Balaban J connectivity index is 2.29. The van der Waals surface area contributed by atoms with Gasteiger partial charge < -0.3 is 4.74 Å². The van der Waals surface area contributed by atoms with E-state index < -0.39 is 0 Å². The predicted octanol–water partition coefficient (Wildman–Crippen LogP) is 2.69. The molecule has 4 heteroatoms. The van der Waals surface area contributed by atoms with Gasteiger partial charge in [-0.1, -0.05) is 12.8 Å². The van der Waals surface area contributed by atoms with Crippen molar-refractivity contribution in [3.8, 4) is 5.75 Å². The average Bonchev–Trinajstić information content (AvgIpc) is 2.60. The van der Waals surface area contributed by atoms with Crippen molar-refractivity contribution in [2.24, 2.45) is 7.05 Å². The van der Waals surface area contributed by atoms with Crippen LogP contribution in [-0.2, 0) is 7.05 Å². The molecule has 0 N–H and O–H groups in total. The molecule has 0 bridgehead atoms. The van der Waals surface area contributed by atoms with Crippen LogP contribution in [0.5, 0.6) is 5.75 Å². The first-order chi connectivity index (χ1) is 7.24. The monoisotopic (exact) mass is 228 g/mol. The standard InChI is InChI=1S/C11H17ClN2O/c1-14-11(10(15-2)7-13-14)8-5-3-4-6-9(8)12/h7-9H,3-6H2,1-2H3. The van der Waals surface area contributed by atoms with Gasteiger partial charge in [0.1, 0.15) is 0 Å². The first-order valence-electron chi connectivity index (χ1n) is 5.44. The highest BCUT2D eigenvalue weighted by Crippen LogP contribution is 2.39. The number of methoxy groups -OCH3 is 1. The Hall–Kier alpha value is -0.700. The summed E-state index contributed by atoms with van der Waals surface area (Å²) >= 11 is 6.38. The molecule has 84 valence electrons. The highest BCUT2D eigenvalue weighted by Gasteiger charge is 2.29. The lowest BCUT2D eigenvalue weighted by atomic mass is 9.86. The predicted molar refractivity (Wildman–Crippen MR) is 60.6 cm³/mol. The molecule has 0 amide bonds. The summed E-state index contributed by atoms with van der Waals surface area (Å²) in [5, 5.41) is 4.46. The van der Waals surface area contributed by atoms with Crippen molar-refractivity contribution in [1.29, 1.82) is 0 Å². The summed E-state index contributed by atoms with van der Waals surface area (Å²) < 4.78 is 7.22. The van der Waals surface area contributed by atoms with Crippen molar-refractivity contribution >= 4 is 11.6 Å². The van der Waals surface area contributed by atoms with Crippen LogP contribution in [0, 0.1) is 0 Å². The van der Waals surface area contributed by atoms with Gasteiger partial charge in [0.15, 0.2) is 5.75 Å². The van der Waals surface area contributed by atoms with Gasteiger partial charge in [0.2, 0.25) is 0 Å². The zero-order valence-electron chi connectivity index (χ0n) is 9.24. The molecule has 1 aromatic rings. The van der Waals surface area contributed by atoms with E-state index in [0.29, 0.717) is 5.92 Å². The third-order valence-corrected chi connectivity index (χ3v) is 3.72. The first-order valence-corrected chi connectivity index (χ1v) is 5.87. The van der Waals surface area contributed by atoms with Crippen molar-refractivity contribution in [2.75, 3.05) is 7.11 Å². The second-order valence-corrected chi connectivity index (χ2v) is 4.69. The van der Waals surface area contributed by atoms with Crippen LogP contribution in [0.25, 0.3) is 0 Å². The number of alkyl halides is 1. The fourth-order valence-electron chi connectivity index (χ4n) is 2.40. The summed E-state index contributed by atoms with van der Waals surface area (Å²) in [6, 6.07) is 0. The Morgan fingerprint density at radius 1 is 1.47 bits per heavy atom. The van der Waals surface area contributed by atoms with Crippen LogP contribution >= 0.6 is 11.6 Å². The molecule has 15 heavy (non-hydrogen) atoms. The molecule has 1 saturated carbocycles. The van der Waals surface area contributed by atoms with Gasteiger partial charge in [-0.15, -0.1) is 11.6 Å². The second-order valence-electron chi connectivity index (χ2n) is 4.13. The summed E-state index contributed by atoms with van der Waals surface area (Å²) in [5.74, 6) is 1.26. The number of nitrogens with zero attached hydrogens (tertiary/aromatic N) is 2. The summed E-state index contributed by atoms with van der Waals surface area (Å²) in [7, 11) is 3.64. The molecule has 3 nitrogen and oxygen atoms in total. The Labute approximate surface area is 95.4 Å². The molecule has 0 saturated heterocycles. The van der Waals surface area contributed by atoms with Crippen molar-refractivity contribution in [1.82, 2.24) is 9.78 Å². The van der Waals surface area contributed by atoms with Gasteiger partial charge in [-0.3, -0.25) is 4.68 Å². The molecule has 1 aliphatic rings. The van der Waals surface area contributed by atoms with Crippen LogP contribution in [0.1, 0.15) is 37.3 Å². The Morgan fingerprint density at radius 3 is 2.87 bits per heavy atom. The minimum atomic E-state index is 0.225. The third kappa shape index (κ3) is 1.98. The SMILES string of the molecule is COc1cnn(C)c1C1CCCCC1Cl. The molecule has 0 radical (unpaired) electrons. The molecule has 2 atom stereocenters. The molecule has 0 aromatic carbocycles. The van der Waals surface area contributed by atoms with Gasteiger partial charge in [0.05, 0.1) is 19.0 Å². The smallest absolute Gasteiger partial charge is 0.160 e. The minimum Gasteiger partial charge on any atom is -0.493 e. The largest absolute Gasteiger partial charge is 0.493 e. The van der Waals surface area contributed by atoms with E-state index in [-0.39, 0.29) is 5.38 Å². The molecule has 1 aromatic heterocycles. The van der Waals surface area contributed by atoms with Crippen molar-refractivity contribution in [3.63, 3.8) is 0 Å². The van der Waals surface area contributed by atoms with Crippen molar-refractivity contribution in [2.45, 2.75) is 37.0 Å². The van der Waals surface area contributed by atoms with E-state index >= 15 is 0 Å². The van der Waals surface area contributed by atoms with E-state index in [1.807, 2.05) is 11.7 Å². The molecule has 2 unspecified atom stereocenters. The number of hydrogen-bond acceptors (Lipinski definition) is 2. The topological polar surface area (TPSA) is 27.1 Å². The van der Waals surface area contributed by atoms with E-state index in [9.17, 15) is 0 Å². The minimum absolute atomic E-state index is 0.225. The number of aromatic nitrogens is 2. The highest BCUT2D eigenvalue weighted by atomic mass is 35.5. The third-order valence-electron chi connectivity index (χ3n) is 3.20. The molecule has 0 aliphatic heterocycles. The lowest BCUT2D eigenvalue weighted by molar-refractivity contribution is 0.381. The zero-order chi connectivity index (χ0) is 10.8. The van der Waals surface area contributed by atoms with E-state index in [2.05, 4.69) is 5.10 Å². The number of rotatable bonds is 2. The van der Waals surface area contributed by atoms with Gasteiger partial charge in [0.25, 0.3) is 0 Å². The molecule has 1 aliphatic carbocycles. The van der Waals surface area contributed by atoms with Crippen LogP contribution in [0.3, 0.4) is 0 Å². The lowest BCUT2D eigenvalue weighted by Crippen LogP contribution is -2.20. The van der Waals surface area contributed by atoms with Gasteiger partial charge in [-0.25, -0.2) is 0 Å². The summed E-state index contributed by atoms with van der Waals surface area (Å²) in [4.78, 5) is 0.